The Morgan fingerprint density at radius 3 is 2.18 bits per heavy atom. The number of hydrogen-bond donors (Lipinski definition) is 0. The Morgan fingerprint density at radius 2 is 1.50 bits per heavy atom. The Labute approximate surface area is 131 Å². The summed E-state index contributed by atoms with van der Waals surface area (Å²) in [4.78, 5) is 11.7. The molecule has 0 fully saturated rings. The molecule has 0 aromatic heterocycles. The predicted molar refractivity (Wildman–Crippen MR) is 91.7 cm³/mol. The fourth-order valence-corrected chi connectivity index (χ4v) is 1.83. The van der Waals surface area contributed by atoms with Crippen LogP contribution in [0.4, 0.5) is 0 Å². The highest BCUT2D eigenvalue weighted by Gasteiger charge is 1.92. The fourth-order valence-electron chi connectivity index (χ4n) is 1.83. The van der Waals surface area contributed by atoms with Gasteiger partial charge in [-0.2, -0.15) is 0 Å². The van der Waals surface area contributed by atoms with Gasteiger partial charge in [0.05, 0.1) is 7.11 Å². The molecule has 0 saturated heterocycles. The average Bonchev–Trinajstić information content (AvgIpc) is 2.58. The molecule has 0 radical (unpaired) electrons. The summed E-state index contributed by atoms with van der Waals surface area (Å²) in [6.07, 6.45) is 10.4. The minimum Gasteiger partial charge on any atom is -0.497 e. The summed E-state index contributed by atoms with van der Waals surface area (Å²) in [5.41, 5.74) is 2.07. The van der Waals surface area contributed by atoms with Crippen LogP contribution in [-0.4, -0.2) is 12.9 Å². The number of carbonyl (C=O) groups excluding carboxylic acids is 1. The van der Waals surface area contributed by atoms with Crippen molar-refractivity contribution in [3.05, 3.63) is 90.0 Å². The third-order valence-corrected chi connectivity index (χ3v) is 3.02. The normalized spacial score (nSPS) is 11.5. The maximum Gasteiger partial charge on any atom is 0.178 e. The molecule has 2 rings (SSSR count). The molecule has 0 atom stereocenters. The Bertz CT molecular complexity index is 677. The fraction of sp³-hybridized carbons (Fsp3) is 0.0500. The zero-order valence-electron chi connectivity index (χ0n) is 12.5. The molecule has 0 bridgehead atoms. The van der Waals surface area contributed by atoms with Crippen molar-refractivity contribution in [2.45, 2.75) is 0 Å². The van der Waals surface area contributed by atoms with Gasteiger partial charge in [0.1, 0.15) is 5.75 Å². The van der Waals surface area contributed by atoms with E-state index in [-0.39, 0.29) is 5.78 Å². The summed E-state index contributed by atoms with van der Waals surface area (Å²) < 4.78 is 5.09. The summed E-state index contributed by atoms with van der Waals surface area (Å²) >= 11 is 0. The first-order chi connectivity index (χ1) is 10.8. The molecule has 0 N–H and O–H groups in total. The lowest BCUT2D eigenvalue weighted by atomic mass is 10.2. The lowest BCUT2D eigenvalue weighted by Crippen LogP contribution is -1.85. The highest BCUT2D eigenvalue weighted by molar-refractivity contribution is 6.02. The van der Waals surface area contributed by atoms with Crippen molar-refractivity contribution >= 4 is 17.9 Å². The quantitative estimate of drug-likeness (QED) is 0.576. The van der Waals surface area contributed by atoms with Crippen molar-refractivity contribution in [1.29, 1.82) is 0 Å². The third kappa shape index (κ3) is 5.25. The second-order valence-electron chi connectivity index (χ2n) is 4.64. The number of ether oxygens (including phenoxy) is 1. The molecule has 2 aromatic rings. The first-order valence-corrected chi connectivity index (χ1v) is 7.04. The molecule has 22 heavy (non-hydrogen) atoms. The van der Waals surface area contributed by atoms with Crippen LogP contribution in [0.15, 0.2) is 78.9 Å². The van der Waals surface area contributed by atoms with Crippen molar-refractivity contribution in [3.8, 4) is 5.75 Å². The van der Waals surface area contributed by atoms with E-state index in [9.17, 15) is 4.79 Å². The number of ketones is 1. The maximum atomic E-state index is 11.7. The molecule has 0 aliphatic carbocycles. The van der Waals surface area contributed by atoms with Crippen molar-refractivity contribution in [2.24, 2.45) is 0 Å². The Balaban J connectivity index is 1.87. The van der Waals surface area contributed by atoms with Gasteiger partial charge in [0, 0.05) is 0 Å². The van der Waals surface area contributed by atoms with E-state index in [1.165, 1.54) is 0 Å². The average molecular weight is 290 g/mol. The molecular weight excluding hydrogens is 272 g/mol. The van der Waals surface area contributed by atoms with Crippen molar-refractivity contribution < 1.29 is 9.53 Å². The summed E-state index contributed by atoms with van der Waals surface area (Å²) in [7, 11) is 1.63. The molecule has 2 aromatic carbocycles. The number of methoxy groups -OCH3 is 1. The van der Waals surface area contributed by atoms with Crippen LogP contribution in [0.5, 0.6) is 5.75 Å². The Hall–Kier alpha value is -2.87. The summed E-state index contributed by atoms with van der Waals surface area (Å²) in [5.74, 6) is 0.753. The van der Waals surface area contributed by atoms with E-state index in [4.69, 9.17) is 4.74 Å². The van der Waals surface area contributed by atoms with Gasteiger partial charge in [-0.05, 0) is 35.4 Å². The minimum absolute atomic E-state index is 0.0477. The van der Waals surface area contributed by atoms with Crippen LogP contribution < -0.4 is 4.74 Å². The van der Waals surface area contributed by atoms with E-state index in [0.29, 0.717) is 0 Å². The van der Waals surface area contributed by atoms with Gasteiger partial charge < -0.3 is 4.74 Å². The predicted octanol–water partition coefficient (Wildman–Crippen LogP) is 4.55. The third-order valence-electron chi connectivity index (χ3n) is 3.02. The van der Waals surface area contributed by atoms with Gasteiger partial charge in [0.2, 0.25) is 0 Å². The van der Waals surface area contributed by atoms with Crippen molar-refractivity contribution in [3.63, 3.8) is 0 Å². The first-order valence-electron chi connectivity index (χ1n) is 7.04. The van der Waals surface area contributed by atoms with E-state index in [0.717, 1.165) is 16.9 Å². The second kappa shape index (κ2) is 8.42. The molecule has 0 unspecified atom stereocenters. The van der Waals surface area contributed by atoms with Crippen LogP contribution in [0, 0.1) is 0 Å². The maximum absolute atomic E-state index is 11.7. The Morgan fingerprint density at radius 1 is 0.818 bits per heavy atom. The molecule has 0 saturated carbocycles. The number of carbonyl (C=O) groups is 1. The van der Waals surface area contributed by atoms with Crippen molar-refractivity contribution in [2.75, 3.05) is 7.11 Å². The van der Waals surface area contributed by atoms with E-state index >= 15 is 0 Å². The molecular formula is C20H18O2. The molecule has 2 nitrogen and oxygen atoms in total. The molecule has 2 heteroatoms. The standard InChI is InChI=1S/C20H18O2/c1-22-20-15-12-18(13-16-20)11-14-19(21)10-6-5-9-17-7-3-2-4-8-17/h2-16H,1H3/b9-5-,10-6-,14-11-. The first kappa shape index (κ1) is 15.5. The van der Waals surface area contributed by atoms with Gasteiger partial charge in [-0.25, -0.2) is 0 Å². The van der Waals surface area contributed by atoms with Gasteiger partial charge in [0.15, 0.2) is 5.78 Å². The van der Waals surface area contributed by atoms with Crippen molar-refractivity contribution in [1.82, 2.24) is 0 Å². The van der Waals surface area contributed by atoms with Crippen LogP contribution in [-0.2, 0) is 4.79 Å². The molecule has 0 spiro atoms. The minimum atomic E-state index is -0.0477. The van der Waals surface area contributed by atoms with Gasteiger partial charge in [-0.3, -0.25) is 4.79 Å². The monoisotopic (exact) mass is 290 g/mol. The van der Waals surface area contributed by atoms with Crippen LogP contribution >= 0.6 is 0 Å². The summed E-state index contributed by atoms with van der Waals surface area (Å²) in [6, 6.07) is 17.5. The number of hydrogen-bond acceptors (Lipinski definition) is 2. The van der Waals surface area contributed by atoms with Gasteiger partial charge in [-0.1, -0.05) is 66.8 Å². The van der Waals surface area contributed by atoms with Gasteiger partial charge in [0.25, 0.3) is 0 Å². The van der Waals surface area contributed by atoms with Crippen LogP contribution in [0.2, 0.25) is 0 Å². The van der Waals surface area contributed by atoms with E-state index in [2.05, 4.69) is 0 Å². The lowest BCUT2D eigenvalue weighted by Gasteiger charge is -1.98. The summed E-state index contributed by atoms with van der Waals surface area (Å²) in [5, 5.41) is 0. The van der Waals surface area contributed by atoms with E-state index in [1.54, 1.807) is 31.4 Å². The highest BCUT2D eigenvalue weighted by atomic mass is 16.5. The smallest absolute Gasteiger partial charge is 0.178 e. The summed E-state index contributed by atoms with van der Waals surface area (Å²) in [6.45, 7) is 0. The molecule has 0 heterocycles. The molecule has 110 valence electrons. The second-order valence-corrected chi connectivity index (χ2v) is 4.64. The zero-order valence-corrected chi connectivity index (χ0v) is 12.5. The highest BCUT2D eigenvalue weighted by Crippen LogP contribution is 2.12. The number of rotatable bonds is 6. The van der Waals surface area contributed by atoms with E-state index < -0.39 is 0 Å². The molecule has 0 aliphatic rings. The number of benzene rings is 2. The van der Waals surface area contributed by atoms with Gasteiger partial charge >= 0.3 is 0 Å². The SMILES string of the molecule is COc1ccc(/C=C\C(=O)/C=C\C=C/c2ccccc2)cc1. The zero-order chi connectivity index (χ0) is 15.6. The molecule has 0 aliphatic heterocycles. The van der Waals surface area contributed by atoms with Crippen LogP contribution in [0.3, 0.4) is 0 Å². The van der Waals surface area contributed by atoms with E-state index in [1.807, 2.05) is 66.7 Å². The number of allylic oxidation sites excluding steroid dienone is 4. The largest absolute Gasteiger partial charge is 0.497 e. The Kier molecular flexibility index (Phi) is 5.94. The van der Waals surface area contributed by atoms with Gasteiger partial charge in [-0.15, -0.1) is 0 Å². The molecule has 0 amide bonds. The lowest BCUT2D eigenvalue weighted by molar-refractivity contribution is -0.110. The van der Waals surface area contributed by atoms with Crippen LogP contribution in [0.25, 0.3) is 12.2 Å². The van der Waals surface area contributed by atoms with Crippen LogP contribution in [0.1, 0.15) is 11.1 Å². The topological polar surface area (TPSA) is 26.3 Å².